The molecule has 1 atom stereocenters. The van der Waals surface area contributed by atoms with Crippen LogP contribution in [0.25, 0.3) is 0 Å². The van der Waals surface area contributed by atoms with Crippen LogP contribution in [0.4, 0.5) is 5.69 Å². The number of anilines is 1. The van der Waals surface area contributed by atoms with Gasteiger partial charge in [0.15, 0.2) is 0 Å². The van der Waals surface area contributed by atoms with Crippen LogP contribution in [0.5, 0.6) is 5.75 Å². The Balaban J connectivity index is 3.00. The van der Waals surface area contributed by atoms with Crippen LogP contribution in [0.3, 0.4) is 0 Å². The lowest BCUT2D eigenvalue weighted by Gasteiger charge is -2.16. The molecule has 0 aliphatic heterocycles. The van der Waals surface area contributed by atoms with E-state index in [4.69, 9.17) is 15.6 Å². The third-order valence-electron chi connectivity index (χ3n) is 3.52. The number of hydrogen-bond donors (Lipinski definition) is 3. The van der Waals surface area contributed by atoms with Crippen molar-refractivity contribution in [3.63, 3.8) is 0 Å². The molecule has 0 radical (unpaired) electrons. The molecule has 1 rings (SSSR count). The molecule has 21 heavy (non-hydrogen) atoms. The third-order valence-corrected chi connectivity index (χ3v) is 4.96. The molecule has 1 aromatic rings. The minimum absolute atomic E-state index is 0.0342. The number of nitrogens with one attached hydrogen (secondary N) is 1. The number of sulfonamides is 1. The zero-order chi connectivity index (χ0) is 16.0. The van der Waals surface area contributed by atoms with E-state index in [-0.39, 0.29) is 29.7 Å². The van der Waals surface area contributed by atoms with Gasteiger partial charge < -0.3 is 15.6 Å². The fourth-order valence-electron chi connectivity index (χ4n) is 1.99. The summed E-state index contributed by atoms with van der Waals surface area (Å²) in [6.07, 6.45) is 1.35. The van der Waals surface area contributed by atoms with Crippen LogP contribution in [0, 0.1) is 12.8 Å². The Labute approximate surface area is 126 Å². The number of nitrogens with two attached hydrogens (primary N) is 1. The molecule has 6 nitrogen and oxygen atoms in total. The molecule has 0 aliphatic rings. The Morgan fingerprint density at radius 3 is 2.62 bits per heavy atom. The Morgan fingerprint density at radius 2 is 2.10 bits per heavy atom. The summed E-state index contributed by atoms with van der Waals surface area (Å²) >= 11 is 0. The fourth-order valence-corrected chi connectivity index (χ4v) is 3.29. The molecule has 7 heteroatoms. The van der Waals surface area contributed by atoms with Crippen molar-refractivity contribution in [2.45, 2.75) is 31.6 Å². The Kier molecular flexibility index (Phi) is 6.44. The quantitative estimate of drug-likeness (QED) is 0.627. The molecule has 0 spiro atoms. The molecule has 120 valence electrons. The summed E-state index contributed by atoms with van der Waals surface area (Å²) in [6, 6.07) is 3.01. The van der Waals surface area contributed by atoms with E-state index >= 15 is 0 Å². The van der Waals surface area contributed by atoms with Crippen molar-refractivity contribution in [2.75, 3.05) is 26.0 Å². The van der Waals surface area contributed by atoms with Crippen molar-refractivity contribution in [1.29, 1.82) is 0 Å². The van der Waals surface area contributed by atoms with E-state index in [1.54, 1.807) is 13.0 Å². The number of benzene rings is 1. The first-order valence-corrected chi connectivity index (χ1v) is 8.38. The second kappa shape index (κ2) is 7.63. The van der Waals surface area contributed by atoms with Crippen molar-refractivity contribution >= 4 is 15.7 Å². The fraction of sp³-hybridized carbons (Fsp3) is 0.571. The van der Waals surface area contributed by atoms with Gasteiger partial charge in [0, 0.05) is 18.8 Å². The van der Waals surface area contributed by atoms with E-state index in [2.05, 4.69) is 4.72 Å². The average Bonchev–Trinajstić information content (AvgIpc) is 2.45. The molecule has 0 amide bonds. The summed E-state index contributed by atoms with van der Waals surface area (Å²) < 4.78 is 32.5. The molecule has 0 fully saturated rings. The number of rotatable bonds is 8. The van der Waals surface area contributed by atoms with Crippen molar-refractivity contribution in [1.82, 2.24) is 4.72 Å². The van der Waals surface area contributed by atoms with Crippen molar-refractivity contribution in [3.8, 4) is 5.75 Å². The van der Waals surface area contributed by atoms with Crippen LogP contribution in [0.2, 0.25) is 0 Å². The van der Waals surface area contributed by atoms with Gasteiger partial charge in [-0.25, -0.2) is 13.1 Å². The molecule has 0 aliphatic carbocycles. The number of nitrogen functional groups attached to an aromatic ring is 1. The monoisotopic (exact) mass is 316 g/mol. The molecule has 0 bridgehead atoms. The zero-order valence-electron chi connectivity index (χ0n) is 12.7. The molecule has 1 aromatic carbocycles. The number of methoxy groups -OCH3 is 1. The Hall–Kier alpha value is -1.31. The smallest absolute Gasteiger partial charge is 0.244 e. The van der Waals surface area contributed by atoms with Gasteiger partial charge in [0.2, 0.25) is 10.0 Å². The second-order valence-electron chi connectivity index (χ2n) is 5.00. The highest BCUT2D eigenvalue weighted by Crippen LogP contribution is 2.28. The van der Waals surface area contributed by atoms with E-state index < -0.39 is 10.0 Å². The molecule has 1 unspecified atom stereocenters. The average molecular weight is 316 g/mol. The maximum Gasteiger partial charge on any atom is 0.244 e. The van der Waals surface area contributed by atoms with Gasteiger partial charge in [0.05, 0.1) is 7.11 Å². The Bertz CT molecular complexity index is 573. The summed E-state index contributed by atoms with van der Waals surface area (Å²) in [6.45, 7) is 4.06. The minimum atomic E-state index is -3.70. The number of aryl methyl sites for hydroxylation is 1. The highest BCUT2D eigenvalue weighted by Gasteiger charge is 2.21. The lowest BCUT2D eigenvalue weighted by Crippen LogP contribution is -2.30. The lowest BCUT2D eigenvalue weighted by atomic mass is 10.0. The maximum atomic E-state index is 12.4. The molecule has 0 saturated heterocycles. The number of ether oxygens (including phenoxy) is 1. The predicted octanol–water partition coefficient (Wildman–Crippen LogP) is 1.27. The standard InChI is InChI=1S/C14H24N2O4S/c1-4-11(5-6-17)9-16-21(18,19)14-8-12(15)10(2)7-13(14)20-3/h7-8,11,16-17H,4-6,9,15H2,1-3H3. The third kappa shape index (κ3) is 4.59. The largest absolute Gasteiger partial charge is 0.495 e. The van der Waals surface area contributed by atoms with Gasteiger partial charge in [-0.2, -0.15) is 0 Å². The van der Waals surface area contributed by atoms with E-state index in [1.807, 2.05) is 6.92 Å². The number of aliphatic hydroxyl groups is 1. The lowest BCUT2D eigenvalue weighted by molar-refractivity contribution is 0.254. The SMILES string of the molecule is CCC(CCO)CNS(=O)(=O)c1cc(N)c(C)cc1OC. The first-order valence-electron chi connectivity index (χ1n) is 6.90. The van der Waals surface area contributed by atoms with Gasteiger partial charge >= 0.3 is 0 Å². The number of hydrogen-bond acceptors (Lipinski definition) is 5. The van der Waals surface area contributed by atoms with E-state index in [1.165, 1.54) is 13.2 Å². The van der Waals surface area contributed by atoms with Gasteiger partial charge in [0.1, 0.15) is 10.6 Å². The van der Waals surface area contributed by atoms with Gasteiger partial charge in [-0.3, -0.25) is 0 Å². The van der Waals surface area contributed by atoms with Crippen LogP contribution < -0.4 is 15.2 Å². The second-order valence-corrected chi connectivity index (χ2v) is 6.73. The van der Waals surface area contributed by atoms with Crippen LogP contribution in [0.1, 0.15) is 25.3 Å². The normalized spacial score (nSPS) is 13.1. The first-order chi connectivity index (χ1) is 9.85. The molecule has 0 heterocycles. The molecule has 0 saturated carbocycles. The van der Waals surface area contributed by atoms with Crippen LogP contribution in [-0.2, 0) is 10.0 Å². The van der Waals surface area contributed by atoms with Crippen LogP contribution in [-0.4, -0.2) is 33.8 Å². The summed E-state index contributed by atoms with van der Waals surface area (Å²) in [5.41, 5.74) is 6.95. The van der Waals surface area contributed by atoms with Gasteiger partial charge in [0.25, 0.3) is 0 Å². The molecule has 0 aromatic heterocycles. The summed E-state index contributed by atoms with van der Waals surface area (Å²) in [4.78, 5) is 0.0342. The zero-order valence-corrected chi connectivity index (χ0v) is 13.5. The van der Waals surface area contributed by atoms with Gasteiger partial charge in [-0.15, -0.1) is 0 Å². The van der Waals surface area contributed by atoms with Crippen molar-refractivity contribution in [3.05, 3.63) is 17.7 Å². The van der Waals surface area contributed by atoms with Crippen LogP contribution in [0.15, 0.2) is 17.0 Å². The van der Waals surface area contributed by atoms with E-state index in [0.717, 1.165) is 12.0 Å². The molecular weight excluding hydrogens is 292 g/mol. The Morgan fingerprint density at radius 1 is 1.43 bits per heavy atom. The highest BCUT2D eigenvalue weighted by atomic mass is 32.2. The van der Waals surface area contributed by atoms with E-state index in [9.17, 15) is 8.42 Å². The van der Waals surface area contributed by atoms with Crippen LogP contribution >= 0.6 is 0 Å². The van der Waals surface area contributed by atoms with Crippen molar-refractivity contribution < 1.29 is 18.3 Å². The number of aliphatic hydroxyl groups excluding tert-OH is 1. The predicted molar refractivity (Wildman–Crippen MR) is 82.8 cm³/mol. The van der Waals surface area contributed by atoms with Crippen molar-refractivity contribution in [2.24, 2.45) is 5.92 Å². The summed E-state index contributed by atoms with van der Waals surface area (Å²) in [5, 5.41) is 8.95. The minimum Gasteiger partial charge on any atom is -0.495 e. The van der Waals surface area contributed by atoms with Gasteiger partial charge in [-0.05, 0) is 37.0 Å². The topological polar surface area (TPSA) is 102 Å². The van der Waals surface area contributed by atoms with Gasteiger partial charge in [-0.1, -0.05) is 13.3 Å². The maximum absolute atomic E-state index is 12.4. The highest BCUT2D eigenvalue weighted by molar-refractivity contribution is 7.89. The first kappa shape index (κ1) is 17.7. The summed E-state index contributed by atoms with van der Waals surface area (Å²) in [7, 11) is -2.28. The molecular formula is C14H24N2O4S. The molecule has 4 N–H and O–H groups in total. The van der Waals surface area contributed by atoms with E-state index in [0.29, 0.717) is 12.1 Å². The summed E-state index contributed by atoms with van der Waals surface area (Å²) in [5.74, 6) is 0.364.